The standard InChI is InChI=1S/C16H14N2O2/c1-12-4-5-13(3-2-10-19)15(11-12)18-16(20)14-6-8-17-9-7-14/h4-9,11,19H,10H2,1H3,(H,18,20). The van der Waals surface area contributed by atoms with Gasteiger partial charge in [-0.3, -0.25) is 9.78 Å². The van der Waals surface area contributed by atoms with Gasteiger partial charge in [-0.1, -0.05) is 17.9 Å². The van der Waals surface area contributed by atoms with Gasteiger partial charge in [0.25, 0.3) is 5.91 Å². The molecule has 0 saturated carbocycles. The van der Waals surface area contributed by atoms with Gasteiger partial charge in [0, 0.05) is 23.5 Å². The molecule has 0 atom stereocenters. The smallest absolute Gasteiger partial charge is 0.255 e. The lowest BCUT2D eigenvalue weighted by molar-refractivity contribution is 0.102. The van der Waals surface area contributed by atoms with Crippen LogP contribution in [0.2, 0.25) is 0 Å². The molecule has 4 nitrogen and oxygen atoms in total. The molecule has 1 aromatic carbocycles. The number of nitrogens with one attached hydrogen (secondary N) is 1. The van der Waals surface area contributed by atoms with Crippen LogP contribution in [0, 0.1) is 18.8 Å². The van der Waals surface area contributed by atoms with Gasteiger partial charge < -0.3 is 10.4 Å². The Bertz CT molecular complexity index is 670. The third-order valence-corrected chi connectivity index (χ3v) is 2.67. The summed E-state index contributed by atoms with van der Waals surface area (Å²) in [4.78, 5) is 16.0. The SMILES string of the molecule is Cc1ccc(C#CCO)c(NC(=O)c2ccncc2)c1. The Balaban J connectivity index is 2.28. The Morgan fingerprint density at radius 3 is 2.75 bits per heavy atom. The second-order valence-corrected chi connectivity index (χ2v) is 4.20. The number of carbonyl (C=O) groups excluding carboxylic acids is 1. The summed E-state index contributed by atoms with van der Waals surface area (Å²) in [5.74, 6) is 5.18. The third-order valence-electron chi connectivity index (χ3n) is 2.67. The van der Waals surface area contributed by atoms with E-state index in [2.05, 4.69) is 22.1 Å². The van der Waals surface area contributed by atoms with Crippen molar-refractivity contribution in [2.24, 2.45) is 0 Å². The van der Waals surface area contributed by atoms with E-state index in [-0.39, 0.29) is 12.5 Å². The molecule has 0 aliphatic carbocycles. The molecule has 0 spiro atoms. The number of aliphatic hydroxyl groups is 1. The number of rotatable bonds is 2. The van der Waals surface area contributed by atoms with Gasteiger partial charge in [-0.2, -0.15) is 0 Å². The molecule has 0 aliphatic rings. The van der Waals surface area contributed by atoms with Crippen molar-refractivity contribution in [2.45, 2.75) is 6.92 Å². The van der Waals surface area contributed by atoms with Crippen molar-refractivity contribution in [3.63, 3.8) is 0 Å². The van der Waals surface area contributed by atoms with E-state index in [0.29, 0.717) is 16.8 Å². The maximum atomic E-state index is 12.1. The van der Waals surface area contributed by atoms with E-state index in [4.69, 9.17) is 5.11 Å². The van der Waals surface area contributed by atoms with Crippen LogP contribution in [-0.4, -0.2) is 22.6 Å². The summed E-state index contributed by atoms with van der Waals surface area (Å²) >= 11 is 0. The van der Waals surface area contributed by atoms with Crippen LogP contribution in [0.15, 0.2) is 42.7 Å². The van der Waals surface area contributed by atoms with Crippen LogP contribution in [0.4, 0.5) is 5.69 Å². The van der Waals surface area contributed by atoms with Crippen molar-refractivity contribution in [2.75, 3.05) is 11.9 Å². The molecule has 0 bridgehead atoms. The monoisotopic (exact) mass is 266 g/mol. The minimum Gasteiger partial charge on any atom is -0.384 e. The van der Waals surface area contributed by atoms with E-state index in [1.54, 1.807) is 24.5 Å². The number of hydrogen-bond donors (Lipinski definition) is 2. The summed E-state index contributed by atoms with van der Waals surface area (Å²) in [6.45, 7) is 1.72. The Morgan fingerprint density at radius 2 is 2.05 bits per heavy atom. The zero-order chi connectivity index (χ0) is 14.4. The van der Waals surface area contributed by atoms with E-state index in [0.717, 1.165) is 5.56 Å². The Kier molecular flexibility index (Phi) is 4.48. The Hall–Kier alpha value is -2.64. The van der Waals surface area contributed by atoms with Crippen molar-refractivity contribution in [1.82, 2.24) is 4.98 Å². The Morgan fingerprint density at radius 1 is 1.30 bits per heavy atom. The van der Waals surface area contributed by atoms with Crippen LogP contribution < -0.4 is 5.32 Å². The first kappa shape index (κ1) is 13.8. The number of hydrogen-bond acceptors (Lipinski definition) is 3. The maximum Gasteiger partial charge on any atom is 0.255 e. The summed E-state index contributed by atoms with van der Waals surface area (Å²) in [5.41, 5.74) is 2.85. The van der Waals surface area contributed by atoms with Gasteiger partial charge in [-0.05, 0) is 36.8 Å². The highest BCUT2D eigenvalue weighted by Crippen LogP contribution is 2.17. The summed E-state index contributed by atoms with van der Waals surface area (Å²) in [6, 6.07) is 8.86. The van der Waals surface area contributed by atoms with Gasteiger partial charge in [0.1, 0.15) is 6.61 Å². The molecule has 2 aromatic rings. The lowest BCUT2D eigenvalue weighted by Crippen LogP contribution is -2.13. The fraction of sp³-hybridized carbons (Fsp3) is 0.125. The Labute approximate surface area is 117 Å². The molecule has 1 amide bonds. The zero-order valence-corrected chi connectivity index (χ0v) is 11.1. The molecule has 20 heavy (non-hydrogen) atoms. The van der Waals surface area contributed by atoms with Crippen LogP contribution in [0.1, 0.15) is 21.5 Å². The van der Waals surface area contributed by atoms with E-state index in [9.17, 15) is 4.79 Å². The van der Waals surface area contributed by atoms with Crippen molar-refractivity contribution >= 4 is 11.6 Å². The van der Waals surface area contributed by atoms with Crippen molar-refractivity contribution in [1.29, 1.82) is 0 Å². The van der Waals surface area contributed by atoms with Crippen molar-refractivity contribution < 1.29 is 9.90 Å². The quantitative estimate of drug-likeness (QED) is 0.817. The average molecular weight is 266 g/mol. The average Bonchev–Trinajstić information content (AvgIpc) is 2.47. The fourth-order valence-electron chi connectivity index (χ4n) is 1.70. The molecule has 0 radical (unpaired) electrons. The molecule has 1 aromatic heterocycles. The highest BCUT2D eigenvalue weighted by molar-refractivity contribution is 6.04. The number of aliphatic hydroxyl groups excluding tert-OH is 1. The van der Waals surface area contributed by atoms with Crippen LogP contribution in [0.25, 0.3) is 0 Å². The molecule has 4 heteroatoms. The number of aromatic nitrogens is 1. The minimum absolute atomic E-state index is 0.217. The molecule has 0 saturated heterocycles. The van der Waals surface area contributed by atoms with Crippen molar-refractivity contribution in [3.8, 4) is 11.8 Å². The van der Waals surface area contributed by atoms with Crippen molar-refractivity contribution in [3.05, 3.63) is 59.4 Å². The first-order chi connectivity index (χ1) is 9.70. The maximum absolute atomic E-state index is 12.1. The van der Waals surface area contributed by atoms with E-state index in [1.807, 2.05) is 25.1 Å². The lowest BCUT2D eigenvalue weighted by Gasteiger charge is -2.08. The number of nitrogens with zero attached hydrogens (tertiary/aromatic N) is 1. The van der Waals surface area contributed by atoms with Gasteiger partial charge in [0.2, 0.25) is 0 Å². The van der Waals surface area contributed by atoms with Gasteiger partial charge in [-0.25, -0.2) is 0 Å². The van der Waals surface area contributed by atoms with E-state index in [1.165, 1.54) is 0 Å². The summed E-state index contributed by atoms with van der Waals surface area (Å²) in [7, 11) is 0. The number of carbonyl (C=O) groups is 1. The van der Waals surface area contributed by atoms with Crippen LogP contribution in [-0.2, 0) is 0 Å². The lowest BCUT2D eigenvalue weighted by atomic mass is 10.1. The van der Waals surface area contributed by atoms with Gasteiger partial charge >= 0.3 is 0 Å². The first-order valence-corrected chi connectivity index (χ1v) is 6.12. The van der Waals surface area contributed by atoms with Gasteiger partial charge in [0.05, 0.1) is 5.69 Å². The molecule has 1 heterocycles. The van der Waals surface area contributed by atoms with E-state index >= 15 is 0 Å². The number of benzene rings is 1. The zero-order valence-electron chi connectivity index (χ0n) is 11.1. The molecule has 0 unspecified atom stereocenters. The molecule has 2 N–H and O–H groups in total. The molecule has 2 rings (SSSR count). The summed E-state index contributed by atoms with van der Waals surface area (Å²) in [6.07, 6.45) is 3.13. The summed E-state index contributed by atoms with van der Waals surface area (Å²) in [5, 5.41) is 11.6. The number of amides is 1. The predicted molar refractivity (Wildman–Crippen MR) is 77.3 cm³/mol. The van der Waals surface area contributed by atoms with Gasteiger partial charge in [-0.15, -0.1) is 0 Å². The molecule has 100 valence electrons. The fourth-order valence-corrected chi connectivity index (χ4v) is 1.70. The van der Waals surface area contributed by atoms with Gasteiger partial charge in [0.15, 0.2) is 0 Å². The molecular formula is C16H14N2O2. The minimum atomic E-state index is -0.218. The molecular weight excluding hydrogens is 252 g/mol. The number of pyridine rings is 1. The third kappa shape index (κ3) is 3.44. The highest BCUT2D eigenvalue weighted by atomic mass is 16.2. The van der Waals surface area contributed by atoms with Crippen LogP contribution in [0.5, 0.6) is 0 Å². The van der Waals surface area contributed by atoms with Crippen LogP contribution >= 0.6 is 0 Å². The first-order valence-electron chi connectivity index (χ1n) is 6.12. The number of aryl methyl sites for hydroxylation is 1. The summed E-state index contributed by atoms with van der Waals surface area (Å²) < 4.78 is 0. The molecule has 0 fully saturated rings. The largest absolute Gasteiger partial charge is 0.384 e. The normalized spacial score (nSPS) is 9.50. The topological polar surface area (TPSA) is 62.2 Å². The molecule has 0 aliphatic heterocycles. The van der Waals surface area contributed by atoms with E-state index < -0.39 is 0 Å². The highest BCUT2D eigenvalue weighted by Gasteiger charge is 2.08. The second kappa shape index (κ2) is 6.50. The second-order valence-electron chi connectivity index (χ2n) is 4.20. The predicted octanol–water partition coefficient (Wildman–Crippen LogP) is 1.99. The number of anilines is 1. The van der Waals surface area contributed by atoms with Crippen LogP contribution in [0.3, 0.4) is 0 Å².